The van der Waals surface area contributed by atoms with Gasteiger partial charge in [0, 0.05) is 18.2 Å². The third kappa shape index (κ3) is 2.03. The SMILES string of the molecule is CNc1ncnc(-c2ccc3ccccc3c2)c1C. The maximum absolute atomic E-state index is 4.41. The molecule has 3 heteroatoms. The summed E-state index contributed by atoms with van der Waals surface area (Å²) in [6, 6.07) is 14.8. The molecule has 0 saturated heterocycles. The molecule has 19 heavy (non-hydrogen) atoms. The first-order chi connectivity index (χ1) is 9.29. The molecule has 1 aromatic heterocycles. The number of rotatable bonds is 2. The summed E-state index contributed by atoms with van der Waals surface area (Å²) in [6.45, 7) is 2.04. The zero-order valence-corrected chi connectivity index (χ0v) is 11.0. The number of hydrogen-bond donors (Lipinski definition) is 1. The van der Waals surface area contributed by atoms with Crippen molar-refractivity contribution >= 4 is 16.6 Å². The molecular formula is C16H15N3. The van der Waals surface area contributed by atoms with Crippen LogP contribution in [0.2, 0.25) is 0 Å². The van der Waals surface area contributed by atoms with Gasteiger partial charge in [-0.05, 0) is 23.8 Å². The molecule has 3 nitrogen and oxygen atoms in total. The maximum Gasteiger partial charge on any atom is 0.132 e. The van der Waals surface area contributed by atoms with Gasteiger partial charge in [0.25, 0.3) is 0 Å². The van der Waals surface area contributed by atoms with Crippen molar-refractivity contribution in [3.05, 3.63) is 54.4 Å². The van der Waals surface area contributed by atoms with Crippen molar-refractivity contribution < 1.29 is 0 Å². The van der Waals surface area contributed by atoms with Crippen LogP contribution in [0.5, 0.6) is 0 Å². The van der Waals surface area contributed by atoms with Gasteiger partial charge in [-0.2, -0.15) is 0 Å². The molecule has 0 radical (unpaired) electrons. The largest absolute Gasteiger partial charge is 0.373 e. The van der Waals surface area contributed by atoms with Crippen molar-refractivity contribution in [3.63, 3.8) is 0 Å². The molecule has 0 amide bonds. The molecule has 0 fully saturated rings. The Balaban J connectivity index is 2.19. The minimum absolute atomic E-state index is 0.873. The quantitative estimate of drug-likeness (QED) is 0.753. The molecule has 0 spiro atoms. The number of fused-ring (bicyclic) bond motifs is 1. The van der Waals surface area contributed by atoms with Crippen LogP contribution in [0, 0.1) is 6.92 Å². The third-order valence-corrected chi connectivity index (χ3v) is 3.34. The van der Waals surface area contributed by atoms with E-state index in [1.807, 2.05) is 14.0 Å². The first kappa shape index (κ1) is 11.7. The topological polar surface area (TPSA) is 37.8 Å². The standard InChI is InChI=1S/C16H15N3/c1-11-15(18-10-19-16(11)17-2)14-8-7-12-5-3-4-6-13(12)9-14/h3-10H,1-2H3,(H,17,18,19). The summed E-state index contributed by atoms with van der Waals surface area (Å²) < 4.78 is 0. The second kappa shape index (κ2) is 4.69. The highest BCUT2D eigenvalue weighted by molar-refractivity contribution is 5.87. The van der Waals surface area contributed by atoms with Crippen molar-refractivity contribution in [3.8, 4) is 11.3 Å². The lowest BCUT2D eigenvalue weighted by Gasteiger charge is -2.09. The molecule has 0 unspecified atom stereocenters. The molecule has 0 aliphatic heterocycles. The molecule has 0 aliphatic carbocycles. The van der Waals surface area contributed by atoms with Gasteiger partial charge in [-0.25, -0.2) is 9.97 Å². The predicted octanol–water partition coefficient (Wildman–Crippen LogP) is 3.65. The van der Waals surface area contributed by atoms with Crippen LogP contribution < -0.4 is 5.32 Å². The predicted molar refractivity (Wildman–Crippen MR) is 79.3 cm³/mol. The monoisotopic (exact) mass is 249 g/mol. The molecule has 2 aromatic carbocycles. The molecule has 0 saturated carbocycles. The van der Waals surface area contributed by atoms with Crippen LogP contribution in [0.4, 0.5) is 5.82 Å². The van der Waals surface area contributed by atoms with Crippen LogP contribution in [-0.2, 0) is 0 Å². The second-order valence-corrected chi connectivity index (χ2v) is 4.51. The first-order valence-electron chi connectivity index (χ1n) is 6.28. The highest BCUT2D eigenvalue weighted by atomic mass is 15.0. The lowest BCUT2D eigenvalue weighted by atomic mass is 10.0. The van der Waals surface area contributed by atoms with Crippen LogP contribution in [0.25, 0.3) is 22.0 Å². The minimum atomic E-state index is 0.873. The lowest BCUT2D eigenvalue weighted by Crippen LogP contribution is -1.99. The van der Waals surface area contributed by atoms with E-state index < -0.39 is 0 Å². The summed E-state index contributed by atoms with van der Waals surface area (Å²) >= 11 is 0. The van der Waals surface area contributed by atoms with Crippen LogP contribution in [0.15, 0.2) is 48.8 Å². The van der Waals surface area contributed by atoms with E-state index in [9.17, 15) is 0 Å². The zero-order chi connectivity index (χ0) is 13.2. The smallest absolute Gasteiger partial charge is 0.132 e. The molecule has 3 aromatic rings. The molecule has 94 valence electrons. The van der Waals surface area contributed by atoms with Gasteiger partial charge in [0.15, 0.2) is 0 Å². The summed E-state index contributed by atoms with van der Waals surface area (Å²) in [5, 5.41) is 5.56. The van der Waals surface area contributed by atoms with Crippen molar-refractivity contribution in [1.29, 1.82) is 0 Å². The minimum Gasteiger partial charge on any atom is -0.373 e. The second-order valence-electron chi connectivity index (χ2n) is 4.51. The Labute approximate surface area is 112 Å². The molecule has 0 bridgehead atoms. The molecule has 1 heterocycles. The van der Waals surface area contributed by atoms with E-state index in [0.717, 1.165) is 22.6 Å². The molecular weight excluding hydrogens is 234 g/mol. The number of nitrogens with one attached hydrogen (secondary N) is 1. The fourth-order valence-electron chi connectivity index (χ4n) is 2.33. The van der Waals surface area contributed by atoms with Crippen LogP contribution in [0.3, 0.4) is 0 Å². The normalized spacial score (nSPS) is 10.6. The van der Waals surface area contributed by atoms with Gasteiger partial charge in [0.05, 0.1) is 5.69 Å². The van der Waals surface area contributed by atoms with Gasteiger partial charge in [-0.3, -0.25) is 0 Å². The first-order valence-corrected chi connectivity index (χ1v) is 6.28. The van der Waals surface area contributed by atoms with Crippen LogP contribution >= 0.6 is 0 Å². The Morgan fingerprint density at radius 3 is 2.53 bits per heavy atom. The fourth-order valence-corrected chi connectivity index (χ4v) is 2.33. The Morgan fingerprint density at radius 2 is 1.74 bits per heavy atom. The van der Waals surface area contributed by atoms with E-state index in [0.29, 0.717) is 0 Å². The average molecular weight is 249 g/mol. The van der Waals surface area contributed by atoms with E-state index >= 15 is 0 Å². The Hall–Kier alpha value is -2.42. The number of nitrogens with zero attached hydrogens (tertiary/aromatic N) is 2. The highest BCUT2D eigenvalue weighted by Gasteiger charge is 2.08. The van der Waals surface area contributed by atoms with E-state index in [1.54, 1.807) is 6.33 Å². The maximum atomic E-state index is 4.41. The fraction of sp³-hybridized carbons (Fsp3) is 0.125. The number of anilines is 1. The Kier molecular flexibility index (Phi) is 2.88. The Morgan fingerprint density at radius 1 is 0.947 bits per heavy atom. The average Bonchev–Trinajstić information content (AvgIpc) is 2.47. The summed E-state index contributed by atoms with van der Waals surface area (Å²) in [5.74, 6) is 0.873. The summed E-state index contributed by atoms with van der Waals surface area (Å²) in [4.78, 5) is 8.64. The summed E-state index contributed by atoms with van der Waals surface area (Å²) in [7, 11) is 1.87. The third-order valence-electron chi connectivity index (χ3n) is 3.34. The van der Waals surface area contributed by atoms with Crippen LogP contribution in [0.1, 0.15) is 5.56 Å². The molecule has 0 atom stereocenters. The number of hydrogen-bond acceptors (Lipinski definition) is 3. The zero-order valence-electron chi connectivity index (χ0n) is 11.0. The van der Waals surface area contributed by atoms with Gasteiger partial charge in [0.1, 0.15) is 12.1 Å². The highest BCUT2D eigenvalue weighted by Crippen LogP contribution is 2.27. The van der Waals surface area contributed by atoms with Crippen molar-refractivity contribution in [2.75, 3.05) is 12.4 Å². The van der Waals surface area contributed by atoms with Crippen LogP contribution in [-0.4, -0.2) is 17.0 Å². The van der Waals surface area contributed by atoms with E-state index in [1.165, 1.54) is 10.8 Å². The van der Waals surface area contributed by atoms with Crippen molar-refractivity contribution in [2.24, 2.45) is 0 Å². The van der Waals surface area contributed by atoms with Crippen molar-refractivity contribution in [2.45, 2.75) is 6.92 Å². The van der Waals surface area contributed by atoms with Gasteiger partial charge in [0.2, 0.25) is 0 Å². The lowest BCUT2D eigenvalue weighted by molar-refractivity contribution is 1.13. The summed E-state index contributed by atoms with van der Waals surface area (Å²) in [6.07, 6.45) is 1.60. The van der Waals surface area contributed by atoms with Gasteiger partial charge < -0.3 is 5.32 Å². The van der Waals surface area contributed by atoms with E-state index in [2.05, 4.69) is 57.7 Å². The van der Waals surface area contributed by atoms with E-state index in [4.69, 9.17) is 0 Å². The van der Waals surface area contributed by atoms with Crippen molar-refractivity contribution in [1.82, 2.24) is 9.97 Å². The summed E-state index contributed by atoms with van der Waals surface area (Å²) in [5.41, 5.74) is 3.17. The Bertz CT molecular complexity index is 735. The number of aromatic nitrogens is 2. The molecule has 0 aliphatic rings. The van der Waals surface area contributed by atoms with Gasteiger partial charge in [-0.1, -0.05) is 36.4 Å². The number of benzene rings is 2. The van der Waals surface area contributed by atoms with E-state index in [-0.39, 0.29) is 0 Å². The molecule has 3 rings (SSSR count). The van der Waals surface area contributed by atoms with Gasteiger partial charge >= 0.3 is 0 Å². The van der Waals surface area contributed by atoms with Gasteiger partial charge in [-0.15, -0.1) is 0 Å². The molecule has 1 N–H and O–H groups in total.